The van der Waals surface area contributed by atoms with E-state index in [1.165, 1.54) is 19.3 Å². The number of nitriles is 1. The molecule has 28 heavy (non-hydrogen) atoms. The number of phenolic OH excluding ortho intramolecular Hbond substituents is 1. The standard InChI is InChI=1S/C19H17N3O6/c1-3-28-17-10-12(9-16(18(17)23)22(25)26)8-13(11-20)19(24)21-14-4-6-15(27-2)7-5-14/h4-10,23H,3H2,1-2H3,(H,21,24)/b13-8+. The predicted molar refractivity (Wildman–Crippen MR) is 101 cm³/mol. The quantitative estimate of drug-likeness (QED) is 0.324. The molecule has 0 aromatic heterocycles. The van der Waals surface area contributed by atoms with Crippen LogP contribution in [-0.2, 0) is 4.79 Å². The van der Waals surface area contributed by atoms with Crippen molar-refractivity contribution in [2.75, 3.05) is 19.0 Å². The molecule has 0 spiro atoms. The van der Waals surface area contributed by atoms with E-state index >= 15 is 0 Å². The number of ether oxygens (including phenoxy) is 2. The fraction of sp³-hybridized carbons (Fsp3) is 0.158. The molecule has 9 heteroatoms. The molecule has 2 aromatic carbocycles. The summed E-state index contributed by atoms with van der Waals surface area (Å²) < 4.78 is 10.2. The molecule has 0 atom stereocenters. The lowest BCUT2D eigenvalue weighted by atomic mass is 10.1. The van der Waals surface area contributed by atoms with Crippen molar-refractivity contribution in [2.24, 2.45) is 0 Å². The fourth-order valence-electron chi connectivity index (χ4n) is 2.29. The van der Waals surface area contributed by atoms with E-state index in [0.717, 1.165) is 6.07 Å². The van der Waals surface area contributed by atoms with E-state index < -0.39 is 22.3 Å². The van der Waals surface area contributed by atoms with Gasteiger partial charge in [0.15, 0.2) is 5.75 Å². The van der Waals surface area contributed by atoms with Crippen molar-refractivity contribution in [1.82, 2.24) is 0 Å². The van der Waals surface area contributed by atoms with Crippen LogP contribution in [-0.4, -0.2) is 29.7 Å². The molecule has 0 saturated carbocycles. The highest BCUT2D eigenvalue weighted by Crippen LogP contribution is 2.37. The van der Waals surface area contributed by atoms with Crippen molar-refractivity contribution < 1.29 is 24.3 Å². The predicted octanol–water partition coefficient (Wildman–Crippen LogP) is 3.25. The Balaban J connectivity index is 2.35. The second-order valence-electron chi connectivity index (χ2n) is 5.43. The molecule has 144 valence electrons. The minimum atomic E-state index is -0.779. The van der Waals surface area contributed by atoms with Gasteiger partial charge in [-0.2, -0.15) is 5.26 Å². The highest BCUT2D eigenvalue weighted by atomic mass is 16.6. The van der Waals surface area contributed by atoms with Crippen molar-refractivity contribution in [3.05, 3.63) is 57.6 Å². The van der Waals surface area contributed by atoms with E-state index in [1.807, 2.05) is 0 Å². The summed E-state index contributed by atoms with van der Waals surface area (Å²) in [6.45, 7) is 1.82. The van der Waals surface area contributed by atoms with E-state index in [2.05, 4.69) is 5.32 Å². The molecule has 0 radical (unpaired) electrons. The van der Waals surface area contributed by atoms with Gasteiger partial charge in [-0.05, 0) is 48.9 Å². The maximum atomic E-state index is 12.4. The summed E-state index contributed by atoms with van der Waals surface area (Å²) in [7, 11) is 1.51. The lowest BCUT2D eigenvalue weighted by Crippen LogP contribution is -2.13. The molecule has 0 aliphatic rings. The highest BCUT2D eigenvalue weighted by molar-refractivity contribution is 6.09. The molecule has 2 rings (SSSR count). The summed E-state index contributed by atoms with van der Waals surface area (Å²) in [6, 6.07) is 10.6. The maximum Gasteiger partial charge on any atom is 0.315 e. The molecule has 0 aliphatic carbocycles. The van der Waals surface area contributed by atoms with Gasteiger partial charge in [0.25, 0.3) is 5.91 Å². The zero-order valence-corrected chi connectivity index (χ0v) is 15.1. The monoisotopic (exact) mass is 383 g/mol. The van der Waals surface area contributed by atoms with E-state index in [0.29, 0.717) is 11.4 Å². The van der Waals surface area contributed by atoms with Crippen molar-refractivity contribution in [1.29, 1.82) is 5.26 Å². The number of nitrogens with zero attached hydrogens (tertiary/aromatic N) is 2. The van der Waals surface area contributed by atoms with Gasteiger partial charge in [-0.25, -0.2) is 0 Å². The first kappa shape index (κ1) is 20.3. The van der Waals surface area contributed by atoms with Crippen molar-refractivity contribution in [3.63, 3.8) is 0 Å². The van der Waals surface area contributed by atoms with Gasteiger partial charge in [0.2, 0.25) is 5.75 Å². The number of aromatic hydroxyl groups is 1. The molecular formula is C19H17N3O6. The Labute approximate surface area is 160 Å². The van der Waals surface area contributed by atoms with Crippen LogP contribution in [0.15, 0.2) is 42.0 Å². The number of benzene rings is 2. The third-order valence-corrected chi connectivity index (χ3v) is 3.60. The second-order valence-corrected chi connectivity index (χ2v) is 5.43. The van der Waals surface area contributed by atoms with Gasteiger partial charge in [-0.15, -0.1) is 0 Å². The summed E-state index contributed by atoms with van der Waals surface area (Å²) in [5.41, 5.74) is -0.267. The van der Waals surface area contributed by atoms with E-state index in [-0.39, 0.29) is 23.5 Å². The topological polar surface area (TPSA) is 135 Å². The summed E-state index contributed by atoms with van der Waals surface area (Å²) in [5.74, 6) is -0.823. The number of carbonyl (C=O) groups is 1. The normalized spacial score (nSPS) is 10.7. The maximum absolute atomic E-state index is 12.4. The SMILES string of the molecule is CCOc1cc(/C=C(\C#N)C(=O)Nc2ccc(OC)cc2)cc([N+](=O)[O-])c1O. The molecule has 0 saturated heterocycles. The number of nitro benzene ring substituents is 1. The van der Waals surface area contributed by atoms with Crippen LogP contribution in [0.1, 0.15) is 12.5 Å². The van der Waals surface area contributed by atoms with Crippen molar-refractivity contribution in [3.8, 4) is 23.3 Å². The average molecular weight is 383 g/mol. The lowest BCUT2D eigenvalue weighted by molar-refractivity contribution is -0.386. The lowest BCUT2D eigenvalue weighted by Gasteiger charge is -2.08. The van der Waals surface area contributed by atoms with E-state index in [1.54, 1.807) is 37.3 Å². The molecule has 2 aromatic rings. The Kier molecular flexibility index (Phi) is 6.54. The smallest absolute Gasteiger partial charge is 0.315 e. The molecule has 0 heterocycles. The van der Waals surface area contributed by atoms with Crippen molar-refractivity contribution in [2.45, 2.75) is 6.92 Å². The third-order valence-electron chi connectivity index (χ3n) is 3.60. The van der Waals surface area contributed by atoms with Crippen LogP contribution in [0, 0.1) is 21.4 Å². The Morgan fingerprint density at radius 1 is 1.36 bits per heavy atom. The highest BCUT2D eigenvalue weighted by Gasteiger charge is 2.20. The molecule has 0 unspecified atom stereocenters. The molecule has 0 fully saturated rings. The molecular weight excluding hydrogens is 366 g/mol. The van der Waals surface area contributed by atoms with Crippen LogP contribution in [0.25, 0.3) is 6.08 Å². The van der Waals surface area contributed by atoms with Gasteiger partial charge in [0.05, 0.1) is 18.6 Å². The molecule has 0 aliphatic heterocycles. The number of nitro groups is 1. The van der Waals surface area contributed by atoms with E-state index in [4.69, 9.17) is 9.47 Å². The van der Waals surface area contributed by atoms with Gasteiger partial charge >= 0.3 is 5.69 Å². The minimum absolute atomic E-state index is 0.115. The second kappa shape index (κ2) is 9.05. The number of amides is 1. The molecule has 0 bridgehead atoms. The van der Waals surface area contributed by atoms with Crippen LogP contribution >= 0.6 is 0 Å². The number of hydrogen-bond donors (Lipinski definition) is 2. The Morgan fingerprint density at radius 3 is 2.57 bits per heavy atom. The van der Waals surface area contributed by atoms with Crippen LogP contribution in [0.2, 0.25) is 0 Å². The number of nitrogens with one attached hydrogen (secondary N) is 1. The van der Waals surface area contributed by atoms with Crippen LogP contribution in [0.4, 0.5) is 11.4 Å². The van der Waals surface area contributed by atoms with Gasteiger partial charge in [0.1, 0.15) is 17.4 Å². The molecule has 2 N–H and O–H groups in total. The Bertz CT molecular complexity index is 961. The number of hydrogen-bond acceptors (Lipinski definition) is 7. The van der Waals surface area contributed by atoms with E-state index in [9.17, 15) is 25.3 Å². The zero-order chi connectivity index (χ0) is 20.7. The van der Waals surface area contributed by atoms with Gasteiger partial charge < -0.3 is 19.9 Å². The Hall–Kier alpha value is -4.06. The first-order valence-corrected chi connectivity index (χ1v) is 8.11. The Morgan fingerprint density at radius 2 is 2.04 bits per heavy atom. The number of rotatable bonds is 7. The first-order chi connectivity index (χ1) is 13.4. The molecule has 1 amide bonds. The largest absolute Gasteiger partial charge is 0.500 e. The number of methoxy groups -OCH3 is 1. The summed E-state index contributed by atoms with van der Waals surface area (Å²) in [6.07, 6.45) is 1.17. The van der Waals surface area contributed by atoms with Crippen LogP contribution in [0.5, 0.6) is 17.2 Å². The molecule has 9 nitrogen and oxygen atoms in total. The van der Waals surface area contributed by atoms with Crippen LogP contribution < -0.4 is 14.8 Å². The first-order valence-electron chi connectivity index (χ1n) is 8.11. The third kappa shape index (κ3) is 4.76. The summed E-state index contributed by atoms with van der Waals surface area (Å²) >= 11 is 0. The fourth-order valence-corrected chi connectivity index (χ4v) is 2.29. The zero-order valence-electron chi connectivity index (χ0n) is 15.1. The number of anilines is 1. The summed E-state index contributed by atoms with van der Waals surface area (Å²) in [5, 5.41) is 32.9. The summed E-state index contributed by atoms with van der Waals surface area (Å²) in [4.78, 5) is 22.7. The van der Waals surface area contributed by atoms with Crippen molar-refractivity contribution >= 4 is 23.4 Å². The number of carbonyl (C=O) groups excluding carboxylic acids is 1. The minimum Gasteiger partial charge on any atom is -0.500 e. The van der Waals surface area contributed by atoms with Gasteiger partial charge in [-0.1, -0.05) is 0 Å². The average Bonchev–Trinajstić information content (AvgIpc) is 2.68. The van der Waals surface area contributed by atoms with Crippen LogP contribution in [0.3, 0.4) is 0 Å². The number of phenols is 1. The van der Waals surface area contributed by atoms with Gasteiger partial charge in [0, 0.05) is 11.8 Å². The van der Waals surface area contributed by atoms with Gasteiger partial charge in [-0.3, -0.25) is 14.9 Å².